The molecule has 30 heavy (non-hydrogen) atoms. The molecule has 0 aliphatic rings. The Balaban J connectivity index is 3.18. The van der Waals surface area contributed by atoms with Crippen LogP contribution in [0.3, 0.4) is 0 Å². The molecule has 0 aromatic rings. The summed E-state index contributed by atoms with van der Waals surface area (Å²) in [4.78, 5) is 33.3. The minimum absolute atomic E-state index is 0.117. The summed E-state index contributed by atoms with van der Waals surface area (Å²) in [5.74, 6) is -1.75. The summed E-state index contributed by atoms with van der Waals surface area (Å²) in [5, 5.41) is 8.51. The molecule has 0 aliphatic carbocycles. The van der Waals surface area contributed by atoms with Crippen LogP contribution in [-0.4, -0.2) is 22.6 Å². The molecule has 0 amide bonds. The summed E-state index contributed by atoms with van der Waals surface area (Å²) >= 11 is 0. The van der Waals surface area contributed by atoms with Gasteiger partial charge in [0.25, 0.3) is 0 Å². The van der Waals surface area contributed by atoms with E-state index < -0.39 is 18.2 Å². The molecule has 0 saturated carbocycles. The van der Waals surface area contributed by atoms with Crippen LogP contribution < -0.4 is 0 Å². The molecule has 0 unspecified atom stereocenters. The minimum Gasteiger partial charge on any atom is -0.481 e. The number of carbonyl (C=O) groups is 3. The lowest BCUT2D eigenvalue weighted by molar-refractivity contribution is -0.140. The van der Waals surface area contributed by atoms with Crippen molar-refractivity contribution < 1.29 is 19.5 Å². The summed E-state index contributed by atoms with van der Waals surface area (Å²) in [6, 6.07) is 0. The highest BCUT2D eigenvalue weighted by molar-refractivity contribution is 6.05. The molecule has 0 spiro atoms. The zero-order chi connectivity index (χ0) is 22.3. The second kappa shape index (κ2) is 22.5. The van der Waals surface area contributed by atoms with Crippen LogP contribution >= 0.6 is 0 Å². The third-order valence-electron chi connectivity index (χ3n) is 5.80. The number of carbonyl (C=O) groups excluding carboxylic acids is 2. The highest BCUT2D eigenvalue weighted by Gasteiger charge is 2.12. The van der Waals surface area contributed by atoms with Crippen LogP contribution in [0, 0.1) is 0 Å². The molecule has 0 atom stereocenters. The van der Waals surface area contributed by atoms with Crippen LogP contribution in [0.2, 0.25) is 0 Å². The van der Waals surface area contributed by atoms with Gasteiger partial charge in [-0.15, -0.1) is 0 Å². The molecule has 0 fully saturated rings. The fraction of sp³-hybridized carbons (Fsp3) is 0.885. The van der Waals surface area contributed by atoms with Gasteiger partial charge in [-0.2, -0.15) is 0 Å². The van der Waals surface area contributed by atoms with Crippen molar-refractivity contribution in [2.75, 3.05) is 0 Å². The van der Waals surface area contributed by atoms with Gasteiger partial charge in [-0.25, -0.2) is 0 Å². The predicted octanol–water partition coefficient (Wildman–Crippen LogP) is 7.81. The van der Waals surface area contributed by atoms with Crippen molar-refractivity contribution in [2.24, 2.45) is 0 Å². The van der Waals surface area contributed by atoms with E-state index in [1.54, 1.807) is 0 Å². The van der Waals surface area contributed by atoms with Gasteiger partial charge in [0.05, 0.1) is 6.42 Å². The Morgan fingerprint density at radius 2 is 0.800 bits per heavy atom. The van der Waals surface area contributed by atoms with Crippen LogP contribution in [0.1, 0.15) is 148 Å². The lowest BCUT2D eigenvalue weighted by Gasteiger charge is -2.04. The molecule has 0 heterocycles. The third kappa shape index (κ3) is 23.1. The second-order valence-corrected chi connectivity index (χ2v) is 8.94. The topological polar surface area (TPSA) is 71.4 Å². The van der Waals surface area contributed by atoms with E-state index in [9.17, 15) is 14.4 Å². The van der Waals surface area contributed by atoms with Gasteiger partial charge in [-0.1, -0.05) is 122 Å². The van der Waals surface area contributed by atoms with E-state index in [0.29, 0.717) is 6.42 Å². The Bertz CT molecular complexity index is 431. The van der Waals surface area contributed by atoms with Crippen molar-refractivity contribution in [1.29, 1.82) is 0 Å². The van der Waals surface area contributed by atoms with Gasteiger partial charge in [-0.3, -0.25) is 14.4 Å². The Kier molecular flexibility index (Phi) is 21.6. The average molecular weight is 425 g/mol. The Hall–Kier alpha value is -1.19. The van der Waals surface area contributed by atoms with Crippen LogP contribution in [0.15, 0.2) is 0 Å². The first-order chi connectivity index (χ1) is 14.6. The zero-order valence-electron chi connectivity index (χ0n) is 19.7. The monoisotopic (exact) mass is 424 g/mol. The fourth-order valence-corrected chi connectivity index (χ4v) is 3.94. The first kappa shape index (κ1) is 28.8. The molecule has 1 N–H and O–H groups in total. The quantitative estimate of drug-likeness (QED) is 0.127. The summed E-state index contributed by atoms with van der Waals surface area (Å²) in [5.41, 5.74) is 0. The predicted molar refractivity (Wildman–Crippen MR) is 125 cm³/mol. The van der Waals surface area contributed by atoms with E-state index in [1.165, 1.54) is 103 Å². The van der Waals surface area contributed by atoms with E-state index in [2.05, 4.69) is 6.92 Å². The molecule has 4 heteroatoms. The number of carboxylic acids is 1. The van der Waals surface area contributed by atoms with Gasteiger partial charge < -0.3 is 5.11 Å². The molecule has 0 aromatic heterocycles. The smallest absolute Gasteiger partial charge is 0.310 e. The highest BCUT2D eigenvalue weighted by atomic mass is 16.4. The van der Waals surface area contributed by atoms with Crippen LogP contribution in [0.4, 0.5) is 0 Å². The van der Waals surface area contributed by atoms with Crippen LogP contribution in [-0.2, 0) is 14.4 Å². The van der Waals surface area contributed by atoms with Crippen LogP contribution in [0.5, 0.6) is 0 Å². The van der Waals surface area contributed by atoms with Crippen molar-refractivity contribution in [3.63, 3.8) is 0 Å². The Morgan fingerprint density at radius 3 is 1.13 bits per heavy atom. The van der Waals surface area contributed by atoms with Gasteiger partial charge in [0.15, 0.2) is 5.78 Å². The zero-order valence-corrected chi connectivity index (χ0v) is 19.7. The summed E-state index contributed by atoms with van der Waals surface area (Å²) in [6.45, 7) is 2.27. The largest absolute Gasteiger partial charge is 0.481 e. The van der Waals surface area contributed by atoms with Gasteiger partial charge in [0.2, 0.25) is 0 Å². The number of Topliss-reactive ketones (excluding diaryl/α,β-unsaturated/α-hetero) is 2. The molecule has 0 rings (SSSR count). The molecule has 0 saturated heterocycles. The minimum atomic E-state index is -1.16. The summed E-state index contributed by atoms with van der Waals surface area (Å²) in [6.07, 6.45) is 24.7. The second-order valence-electron chi connectivity index (χ2n) is 8.94. The molecule has 0 bridgehead atoms. The first-order valence-corrected chi connectivity index (χ1v) is 12.8. The maximum atomic E-state index is 11.6. The number of rotatable bonds is 24. The number of hydrogen-bond donors (Lipinski definition) is 1. The molecular formula is C26H48O4. The van der Waals surface area contributed by atoms with Gasteiger partial charge >= 0.3 is 5.97 Å². The molecule has 0 radical (unpaired) electrons. The van der Waals surface area contributed by atoms with Crippen molar-refractivity contribution in [1.82, 2.24) is 0 Å². The maximum Gasteiger partial charge on any atom is 0.310 e. The van der Waals surface area contributed by atoms with E-state index >= 15 is 0 Å². The average Bonchev–Trinajstić information content (AvgIpc) is 2.69. The Morgan fingerprint density at radius 1 is 0.467 bits per heavy atom. The van der Waals surface area contributed by atoms with Crippen molar-refractivity contribution in [3.05, 3.63) is 0 Å². The van der Waals surface area contributed by atoms with E-state index in [4.69, 9.17) is 5.11 Å². The number of aliphatic carboxylic acids is 1. The SMILES string of the molecule is CCCCCCCCCCCCCCCCCCCCCC(=O)CC(=O)CC(=O)O. The lowest BCUT2D eigenvalue weighted by Crippen LogP contribution is -2.11. The number of carboxylic acid groups (broad SMARTS) is 1. The molecule has 0 aliphatic heterocycles. The van der Waals surface area contributed by atoms with Gasteiger partial charge in [0.1, 0.15) is 12.2 Å². The van der Waals surface area contributed by atoms with E-state index in [0.717, 1.165) is 19.3 Å². The summed E-state index contributed by atoms with van der Waals surface area (Å²) in [7, 11) is 0. The van der Waals surface area contributed by atoms with Gasteiger partial charge in [-0.05, 0) is 6.42 Å². The number of unbranched alkanes of at least 4 members (excludes halogenated alkanes) is 18. The normalized spacial score (nSPS) is 11.0. The fourth-order valence-electron chi connectivity index (χ4n) is 3.94. The number of ketones is 2. The van der Waals surface area contributed by atoms with Crippen molar-refractivity contribution in [3.8, 4) is 0 Å². The van der Waals surface area contributed by atoms with E-state index in [1.807, 2.05) is 0 Å². The Labute approximate surface area is 185 Å². The van der Waals surface area contributed by atoms with Crippen molar-refractivity contribution >= 4 is 17.5 Å². The highest BCUT2D eigenvalue weighted by Crippen LogP contribution is 2.15. The molecular weight excluding hydrogens is 376 g/mol. The summed E-state index contributed by atoms with van der Waals surface area (Å²) < 4.78 is 0. The first-order valence-electron chi connectivity index (χ1n) is 12.8. The molecule has 0 aromatic carbocycles. The van der Waals surface area contributed by atoms with Crippen LogP contribution in [0.25, 0.3) is 0 Å². The molecule has 4 nitrogen and oxygen atoms in total. The standard InChI is InChI=1S/C26H48O4/c1-2-3-4-5-6-7-8-9-10-11-12-13-14-15-16-17-18-19-20-21-24(27)22-25(28)23-26(29)30/h2-23H2,1H3,(H,29,30). The van der Waals surface area contributed by atoms with Crippen molar-refractivity contribution in [2.45, 2.75) is 148 Å². The molecule has 176 valence electrons. The van der Waals surface area contributed by atoms with E-state index in [-0.39, 0.29) is 12.2 Å². The lowest BCUT2D eigenvalue weighted by atomic mass is 10.0. The maximum absolute atomic E-state index is 11.6. The van der Waals surface area contributed by atoms with Gasteiger partial charge in [0, 0.05) is 6.42 Å². The third-order valence-corrected chi connectivity index (χ3v) is 5.80. The number of hydrogen-bond acceptors (Lipinski definition) is 3.